The van der Waals surface area contributed by atoms with Crippen LogP contribution in [0.1, 0.15) is 39.0 Å². The molecule has 0 aliphatic heterocycles. The Morgan fingerprint density at radius 3 is 2.95 bits per heavy atom. The summed E-state index contributed by atoms with van der Waals surface area (Å²) < 4.78 is 4.95. The van der Waals surface area contributed by atoms with Gasteiger partial charge in [0.1, 0.15) is 6.33 Å². The van der Waals surface area contributed by atoms with Gasteiger partial charge in [-0.15, -0.1) is 0 Å². The molecule has 0 bridgehead atoms. The summed E-state index contributed by atoms with van der Waals surface area (Å²) in [6.45, 7) is 2.18. The summed E-state index contributed by atoms with van der Waals surface area (Å²) in [5.41, 5.74) is -0.186. The van der Waals surface area contributed by atoms with E-state index in [0.717, 1.165) is 25.7 Å². The van der Waals surface area contributed by atoms with E-state index in [9.17, 15) is 10.1 Å². The van der Waals surface area contributed by atoms with Crippen LogP contribution in [0.25, 0.3) is 0 Å². The fraction of sp³-hybridized carbons (Fsp3) is 0.692. The molecule has 7 heteroatoms. The van der Waals surface area contributed by atoms with Crippen LogP contribution >= 0.6 is 0 Å². The van der Waals surface area contributed by atoms with Crippen LogP contribution in [0.15, 0.2) is 6.33 Å². The largest absolute Gasteiger partial charge is 0.476 e. The quantitative estimate of drug-likeness (QED) is 0.658. The number of rotatable bonds is 5. The third-order valence-electron chi connectivity index (χ3n) is 3.87. The predicted molar refractivity (Wildman–Crippen MR) is 74.9 cm³/mol. The molecule has 1 N–H and O–H groups in total. The van der Waals surface area contributed by atoms with Crippen molar-refractivity contribution in [3.8, 4) is 5.88 Å². The van der Waals surface area contributed by atoms with E-state index in [2.05, 4.69) is 22.2 Å². The van der Waals surface area contributed by atoms with Crippen molar-refractivity contribution >= 4 is 11.5 Å². The average Bonchev–Trinajstić information content (AvgIpc) is 2.46. The maximum Gasteiger partial charge on any atom is 0.372 e. The lowest BCUT2D eigenvalue weighted by Gasteiger charge is -2.29. The Balaban J connectivity index is 2.18. The van der Waals surface area contributed by atoms with Gasteiger partial charge in [0.15, 0.2) is 0 Å². The summed E-state index contributed by atoms with van der Waals surface area (Å²) in [6.07, 6.45) is 6.86. The zero-order valence-electron chi connectivity index (χ0n) is 11.8. The molecule has 1 saturated carbocycles. The lowest BCUT2D eigenvalue weighted by molar-refractivity contribution is -0.385. The van der Waals surface area contributed by atoms with Gasteiger partial charge in [-0.1, -0.05) is 26.2 Å². The standard InChI is InChI=1S/C13H20N4O3/c1-3-9-5-4-6-10(7-9)16-12-11(17(18)19)13(20-2)15-8-14-12/h8-10H,3-7H2,1-2H3,(H,14,15,16). The minimum Gasteiger partial charge on any atom is -0.476 e. The third kappa shape index (κ3) is 3.15. The van der Waals surface area contributed by atoms with Gasteiger partial charge in [-0.2, -0.15) is 4.98 Å². The van der Waals surface area contributed by atoms with E-state index >= 15 is 0 Å². The molecular weight excluding hydrogens is 260 g/mol. The van der Waals surface area contributed by atoms with E-state index in [1.54, 1.807) is 0 Å². The Kier molecular flexibility index (Phi) is 4.70. The molecule has 2 rings (SSSR count). The summed E-state index contributed by atoms with van der Waals surface area (Å²) in [4.78, 5) is 18.5. The number of anilines is 1. The van der Waals surface area contributed by atoms with Crippen molar-refractivity contribution in [3.05, 3.63) is 16.4 Å². The molecule has 2 atom stereocenters. The highest BCUT2D eigenvalue weighted by Gasteiger charge is 2.27. The van der Waals surface area contributed by atoms with Crippen molar-refractivity contribution in [3.63, 3.8) is 0 Å². The number of nitro groups is 1. The molecule has 1 aliphatic rings. The van der Waals surface area contributed by atoms with Gasteiger partial charge in [0, 0.05) is 6.04 Å². The summed E-state index contributed by atoms with van der Waals surface area (Å²) in [7, 11) is 1.37. The molecule has 1 aromatic rings. The van der Waals surface area contributed by atoms with E-state index in [-0.39, 0.29) is 23.4 Å². The number of hydrogen-bond donors (Lipinski definition) is 1. The van der Waals surface area contributed by atoms with E-state index < -0.39 is 4.92 Å². The molecule has 0 amide bonds. The van der Waals surface area contributed by atoms with Crippen molar-refractivity contribution in [1.29, 1.82) is 0 Å². The molecule has 1 aromatic heterocycles. The number of hydrogen-bond acceptors (Lipinski definition) is 6. The molecular formula is C13H20N4O3. The van der Waals surface area contributed by atoms with E-state index in [0.29, 0.717) is 5.92 Å². The fourth-order valence-electron chi connectivity index (χ4n) is 2.77. The number of aromatic nitrogens is 2. The SMILES string of the molecule is CCC1CCCC(Nc2ncnc(OC)c2[N+](=O)[O-])C1. The maximum atomic E-state index is 11.2. The molecule has 0 radical (unpaired) electrons. The summed E-state index contributed by atoms with van der Waals surface area (Å²) in [5, 5.41) is 14.4. The monoisotopic (exact) mass is 280 g/mol. The highest BCUT2D eigenvalue weighted by atomic mass is 16.6. The van der Waals surface area contributed by atoms with Gasteiger partial charge in [-0.25, -0.2) is 4.98 Å². The normalized spacial score (nSPS) is 22.3. The van der Waals surface area contributed by atoms with Gasteiger partial charge >= 0.3 is 5.69 Å². The minimum atomic E-state index is -0.499. The van der Waals surface area contributed by atoms with E-state index in [4.69, 9.17) is 4.74 Å². The first-order valence-electron chi connectivity index (χ1n) is 6.95. The molecule has 1 fully saturated rings. The zero-order valence-corrected chi connectivity index (χ0v) is 11.8. The van der Waals surface area contributed by atoms with Crippen LogP contribution in [-0.4, -0.2) is 28.0 Å². The van der Waals surface area contributed by atoms with Crippen LogP contribution in [0.3, 0.4) is 0 Å². The summed E-state index contributed by atoms with van der Waals surface area (Å²) >= 11 is 0. The fourth-order valence-corrected chi connectivity index (χ4v) is 2.77. The second-order valence-electron chi connectivity index (χ2n) is 5.12. The Morgan fingerprint density at radius 1 is 1.50 bits per heavy atom. The highest BCUT2D eigenvalue weighted by molar-refractivity contribution is 5.61. The smallest absolute Gasteiger partial charge is 0.372 e. The van der Waals surface area contributed by atoms with Gasteiger partial charge < -0.3 is 10.1 Å². The number of ether oxygens (including phenoxy) is 1. The van der Waals surface area contributed by atoms with Crippen LogP contribution in [-0.2, 0) is 0 Å². The number of nitrogens with one attached hydrogen (secondary N) is 1. The lowest BCUT2D eigenvalue weighted by Crippen LogP contribution is -2.28. The van der Waals surface area contributed by atoms with Gasteiger partial charge in [0.05, 0.1) is 12.0 Å². The van der Waals surface area contributed by atoms with Crippen molar-refractivity contribution in [2.45, 2.75) is 45.1 Å². The first kappa shape index (κ1) is 14.5. The van der Waals surface area contributed by atoms with E-state index in [1.807, 2.05) is 0 Å². The molecule has 110 valence electrons. The Labute approximate surface area is 117 Å². The van der Waals surface area contributed by atoms with Crippen molar-refractivity contribution < 1.29 is 9.66 Å². The molecule has 1 heterocycles. The average molecular weight is 280 g/mol. The van der Waals surface area contributed by atoms with Crippen LogP contribution in [0.5, 0.6) is 5.88 Å². The molecule has 0 spiro atoms. The minimum absolute atomic E-state index is 0.00430. The summed E-state index contributed by atoms with van der Waals surface area (Å²) in [5.74, 6) is 0.933. The lowest BCUT2D eigenvalue weighted by atomic mass is 9.84. The summed E-state index contributed by atoms with van der Waals surface area (Å²) in [6, 6.07) is 0.229. The zero-order chi connectivity index (χ0) is 14.5. The van der Waals surface area contributed by atoms with Crippen LogP contribution in [0, 0.1) is 16.0 Å². The first-order valence-corrected chi connectivity index (χ1v) is 6.95. The van der Waals surface area contributed by atoms with Crippen molar-refractivity contribution in [1.82, 2.24) is 9.97 Å². The van der Waals surface area contributed by atoms with Crippen LogP contribution in [0.2, 0.25) is 0 Å². The second kappa shape index (κ2) is 6.49. The first-order chi connectivity index (χ1) is 9.65. The molecule has 7 nitrogen and oxygen atoms in total. The van der Waals surface area contributed by atoms with E-state index in [1.165, 1.54) is 19.9 Å². The van der Waals surface area contributed by atoms with Gasteiger partial charge in [-0.05, 0) is 18.8 Å². The molecule has 0 aromatic carbocycles. The van der Waals surface area contributed by atoms with Crippen molar-refractivity contribution in [2.24, 2.45) is 5.92 Å². The predicted octanol–water partition coefficient (Wildman–Crippen LogP) is 2.77. The van der Waals surface area contributed by atoms with Crippen molar-refractivity contribution in [2.75, 3.05) is 12.4 Å². The highest BCUT2D eigenvalue weighted by Crippen LogP contribution is 2.34. The Bertz CT molecular complexity index is 481. The van der Waals surface area contributed by atoms with Crippen LogP contribution < -0.4 is 10.1 Å². The van der Waals surface area contributed by atoms with Crippen LogP contribution in [0.4, 0.5) is 11.5 Å². The second-order valence-corrected chi connectivity index (χ2v) is 5.12. The van der Waals surface area contributed by atoms with Gasteiger partial charge in [0.2, 0.25) is 5.82 Å². The van der Waals surface area contributed by atoms with Gasteiger partial charge in [0.25, 0.3) is 5.88 Å². The maximum absolute atomic E-state index is 11.2. The molecule has 2 unspecified atom stereocenters. The number of nitrogens with zero attached hydrogens (tertiary/aromatic N) is 3. The van der Waals surface area contributed by atoms with Gasteiger partial charge in [-0.3, -0.25) is 10.1 Å². The Morgan fingerprint density at radius 2 is 2.30 bits per heavy atom. The molecule has 1 aliphatic carbocycles. The number of methoxy groups -OCH3 is 1. The third-order valence-corrected chi connectivity index (χ3v) is 3.87. The Hall–Kier alpha value is -1.92. The molecule has 20 heavy (non-hydrogen) atoms. The topological polar surface area (TPSA) is 90.2 Å². The molecule has 0 saturated heterocycles.